The number of nitrogens with one attached hydrogen (secondary N) is 1. The van der Waals surface area contributed by atoms with Crippen LogP contribution < -0.4 is 5.73 Å². The summed E-state index contributed by atoms with van der Waals surface area (Å²) in [6.45, 7) is 3.45. The fourth-order valence-corrected chi connectivity index (χ4v) is 0.419. The topological polar surface area (TPSA) is 82.5 Å². The Kier molecular flexibility index (Phi) is 2.63. The summed E-state index contributed by atoms with van der Waals surface area (Å²) >= 11 is 0. The summed E-state index contributed by atoms with van der Waals surface area (Å²) in [5, 5.41) is 3.78. The molecule has 0 radical (unpaired) electrons. The molecule has 0 aromatic carbocycles. The second kappa shape index (κ2) is 3.01. The van der Waals surface area contributed by atoms with Crippen molar-refractivity contribution in [1.29, 1.82) is 5.53 Å². The molecular formula is C4H10N4O. The number of rotatable bonds is 2. The van der Waals surface area contributed by atoms with Crippen molar-refractivity contribution in [1.82, 2.24) is 5.01 Å². The van der Waals surface area contributed by atoms with Gasteiger partial charge in [-0.2, -0.15) is 10.5 Å². The third-order valence-electron chi connectivity index (χ3n) is 0.823. The highest BCUT2D eigenvalue weighted by molar-refractivity contribution is 5.71. The molecule has 0 spiro atoms. The van der Waals surface area contributed by atoms with Gasteiger partial charge in [0.25, 0.3) is 0 Å². The molecule has 0 saturated carbocycles. The van der Waals surface area contributed by atoms with Gasteiger partial charge < -0.3 is 5.73 Å². The smallest absolute Gasteiger partial charge is 0.336 e. The van der Waals surface area contributed by atoms with Crippen LogP contribution in [0.3, 0.4) is 0 Å². The molecule has 0 heterocycles. The molecule has 0 saturated heterocycles. The van der Waals surface area contributed by atoms with E-state index < -0.39 is 6.03 Å². The van der Waals surface area contributed by atoms with Gasteiger partial charge in [0.15, 0.2) is 0 Å². The largest absolute Gasteiger partial charge is 0.350 e. The summed E-state index contributed by atoms with van der Waals surface area (Å²) in [6, 6.07) is -0.833. The van der Waals surface area contributed by atoms with Crippen molar-refractivity contribution in [3.8, 4) is 0 Å². The molecule has 0 aliphatic carbocycles. The molecule has 2 amide bonds. The first-order valence-electron chi connectivity index (χ1n) is 2.55. The lowest BCUT2D eigenvalue weighted by molar-refractivity contribution is 0.188. The third kappa shape index (κ3) is 2.07. The Bertz CT molecular complexity index is 122. The van der Waals surface area contributed by atoms with Gasteiger partial charge in [0.1, 0.15) is 0 Å². The lowest BCUT2D eigenvalue weighted by Crippen LogP contribution is -2.35. The normalized spacial score (nSPS) is 9.22. The summed E-state index contributed by atoms with van der Waals surface area (Å²) in [7, 11) is 0. The molecule has 9 heavy (non-hydrogen) atoms. The number of urea groups is 1. The SMILES string of the molecule is CC(C)N(N=N)C(N)=O. The number of nitrogens with zero attached hydrogens (tertiary/aromatic N) is 2. The molecule has 0 aliphatic heterocycles. The predicted molar refractivity (Wildman–Crippen MR) is 31.7 cm³/mol. The summed E-state index contributed by atoms with van der Waals surface area (Å²) in [5.74, 6) is 0. The molecule has 0 unspecified atom stereocenters. The van der Waals surface area contributed by atoms with Gasteiger partial charge in [0.05, 0.1) is 6.04 Å². The van der Waals surface area contributed by atoms with Crippen LogP contribution in [0.5, 0.6) is 0 Å². The van der Waals surface area contributed by atoms with Crippen LogP contribution in [0.15, 0.2) is 5.22 Å². The average Bonchev–Trinajstić information content (AvgIpc) is 1.64. The van der Waals surface area contributed by atoms with Gasteiger partial charge in [0, 0.05) is 0 Å². The Morgan fingerprint density at radius 2 is 2.22 bits per heavy atom. The molecular weight excluding hydrogens is 120 g/mol. The predicted octanol–water partition coefficient (Wildman–Crippen LogP) is 0.721. The van der Waals surface area contributed by atoms with E-state index in [-0.39, 0.29) is 6.04 Å². The number of hydrogen-bond donors (Lipinski definition) is 2. The first kappa shape index (κ1) is 7.87. The number of carbonyl (C=O) groups excluding carboxylic acids is 1. The van der Waals surface area contributed by atoms with Gasteiger partial charge in [-0.3, -0.25) is 0 Å². The minimum Gasteiger partial charge on any atom is -0.350 e. The van der Waals surface area contributed by atoms with Gasteiger partial charge >= 0.3 is 6.03 Å². The first-order chi connectivity index (χ1) is 4.09. The van der Waals surface area contributed by atoms with Crippen molar-refractivity contribution in [3.05, 3.63) is 0 Å². The van der Waals surface area contributed by atoms with Crippen molar-refractivity contribution >= 4 is 6.03 Å². The third-order valence-corrected chi connectivity index (χ3v) is 0.823. The Labute approximate surface area is 53.3 Å². The Balaban J connectivity index is 3.98. The van der Waals surface area contributed by atoms with E-state index in [9.17, 15) is 4.79 Å². The molecule has 0 bridgehead atoms. The van der Waals surface area contributed by atoms with E-state index in [0.29, 0.717) is 0 Å². The van der Waals surface area contributed by atoms with Crippen LogP contribution in [0.25, 0.3) is 0 Å². The van der Waals surface area contributed by atoms with E-state index in [1.54, 1.807) is 13.8 Å². The molecule has 5 heteroatoms. The zero-order valence-corrected chi connectivity index (χ0v) is 5.46. The number of hydrogen-bond acceptors (Lipinski definition) is 3. The van der Waals surface area contributed by atoms with Crippen LogP contribution in [-0.4, -0.2) is 17.1 Å². The molecule has 0 aromatic heterocycles. The van der Waals surface area contributed by atoms with Crippen LogP contribution in [-0.2, 0) is 0 Å². The Hall–Kier alpha value is -1.13. The van der Waals surface area contributed by atoms with Gasteiger partial charge in [-0.1, -0.05) is 5.22 Å². The zero-order chi connectivity index (χ0) is 7.44. The van der Waals surface area contributed by atoms with Gasteiger partial charge in [-0.05, 0) is 13.8 Å². The summed E-state index contributed by atoms with van der Waals surface area (Å²) < 4.78 is 0. The van der Waals surface area contributed by atoms with E-state index in [0.717, 1.165) is 5.01 Å². The van der Waals surface area contributed by atoms with E-state index >= 15 is 0 Å². The number of amides is 2. The molecule has 52 valence electrons. The second-order valence-electron chi connectivity index (χ2n) is 1.88. The summed E-state index contributed by atoms with van der Waals surface area (Å²) in [6.07, 6.45) is 0. The van der Waals surface area contributed by atoms with Crippen molar-refractivity contribution in [2.75, 3.05) is 0 Å². The Morgan fingerprint density at radius 1 is 1.78 bits per heavy atom. The molecule has 5 nitrogen and oxygen atoms in total. The van der Waals surface area contributed by atoms with Crippen LogP contribution in [0, 0.1) is 5.53 Å². The second-order valence-corrected chi connectivity index (χ2v) is 1.88. The molecule has 0 rings (SSSR count). The van der Waals surface area contributed by atoms with E-state index in [1.807, 2.05) is 0 Å². The fraction of sp³-hybridized carbons (Fsp3) is 0.750. The van der Waals surface area contributed by atoms with Gasteiger partial charge in [-0.25, -0.2) is 4.79 Å². The highest BCUT2D eigenvalue weighted by Gasteiger charge is 2.10. The Morgan fingerprint density at radius 3 is 2.22 bits per heavy atom. The molecule has 0 aliphatic rings. The minimum atomic E-state index is -0.694. The monoisotopic (exact) mass is 130 g/mol. The molecule has 0 aromatic rings. The summed E-state index contributed by atoms with van der Waals surface area (Å²) in [5.41, 5.74) is 11.3. The number of carbonyl (C=O) groups is 1. The van der Waals surface area contributed by atoms with E-state index in [1.165, 1.54) is 0 Å². The minimum absolute atomic E-state index is 0.139. The number of primary amides is 1. The van der Waals surface area contributed by atoms with Crippen LogP contribution in [0.2, 0.25) is 0 Å². The van der Waals surface area contributed by atoms with Crippen LogP contribution >= 0.6 is 0 Å². The molecule has 0 fully saturated rings. The zero-order valence-electron chi connectivity index (χ0n) is 5.46. The van der Waals surface area contributed by atoms with E-state index in [2.05, 4.69) is 5.22 Å². The fourth-order valence-electron chi connectivity index (χ4n) is 0.419. The quantitative estimate of drug-likeness (QED) is 0.419. The lowest BCUT2D eigenvalue weighted by Gasteiger charge is -2.14. The average molecular weight is 130 g/mol. The molecule has 3 N–H and O–H groups in total. The molecule has 0 atom stereocenters. The van der Waals surface area contributed by atoms with Crippen molar-refractivity contribution in [2.45, 2.75) is 19.9 Å². The standard InChI is InChI=1S/C4H10N4O/c1-3(2)8(7-6)4(5)9/h3,6H,1-2H3,(H2,5,9). The van der Waals surface area contributed by atoms with Crippen molar-refractivity contribution < 1.29 is 4.79 Å². The van der Waals surface area contributed by atoms with Crippen LogP contribution in [0.4, 0.5) is 4.79 Å². The number of nitrogens with two attached hydrogens (primary N) is 1. The lowest BCUT2D eigenvalue weighted by atomic mass is 10.4. The van der Waals surface area contributed by atoms with Crippen LogP contribution in [0.1, 0.15) is 13.8 Å². The van der Waals surface area contributed by atoms with Gasteiger partial charge in [0.2, 0.25) is 0 Å². The van der Waals surface area contributed by atoms with Crippen molar-refractivity contribution in [3.63, 3.8) is 0 Å². The highest BCUT2D eigenvalue weighted by Crippen LogP contribution is 1.95. The van der Waals surface area contributed by atoms with Crippen molar-refractivity contribution in [2.24, 2.45) is 11.0 Å². The maximum atomic E-state index is 10.3. The maximum absolute atomic E-state index is 10.3. The maximum Gasteiger partial charge on any atom is 0.336 e. The summed E-state index contributed by atoms with van der Waals surface area (Å²) in [4.78, 5) is 10.3. The first-order valence-corrected chi connectivity index (χ1v) is 2.55. The highest BCUT2D eigenvalue weighted by atomic mass is 16.2. The van der Waals surface area contributed by atoms with E-state index in [4.69, 9.17) is 11.3 Å². The van der Waals surface area contributed by atoms with Gasteiger partial charge in [-0.15, -0.1) is 0 Å².